The molecule has 1 aliphatic rings. The number of hydrogen-bond donors (Lipinski definition) is 1. The minimum atomic E-state index is -0.990. The molecule has 4 aromatic carbocycles. The van der Waals surface area contributed by atoms with E-state index in [2.05, 4.69) is 5.32 Å². The third-order valence-electron chi connectivity index (χ3n) is 7.04. The van der Waals surface area contributed by atoms with Gasteiger partial charge < -0.3 is 29.2 Å². The van der Waals surface area contributed by atoms with Crippen molar-refractivity contribution in [3.05, 3.63) is 113 Å². The molecule has 2 amide bonds. The molecule has 0 saturated heterocycles. The van der Waals surface area contributed by atoms with Crippen LogP contribution in [0.2, 0.25) is 0 Å². The first-order valence-electron chi connectivity index (χ1n) is 13.3. The molecule has 0 bridgehead atoms. The molecule has 1 aliphatic heterocycles. The lowest BCUT2D eigenvalue weighted by molar-refractivity contribution is -0.139. The van der Waals surface area contributed by atoms with E-state index in [0.717, 1.165) is 16.7 Å². The van der Waals surface area contributed by atoms with Crippen LogP contribution in [0, 0.1) is 6.92 Å². The monoisotopic (exact) mass is 552 g/mol. The molecule has 210 valence electrons. The Bertz CT molecular complexity index is 1540. The number of methoxy groups -OCH3 is 2. The molecule has 0 aliphatic carbocycles. The van der Waals surface area contributed by atoms with Gasteiger partial charge in [0.1, 0.15) is 6.04 Å². The second kappa shape index (κ2) is 12.5. The predicted octanol–water partition coefficient (Wildman–Crippen LogP) is 5.69. The first kappa shape index (κ1) is 27.6. The highest BCUT2D eigenvalue weighted by molar-refractivity contribution is 5.98. The molecule has 8 nitrogen and oxygen atoms in total. The van der Waals surface area contributed by atoms with Crippen LogP contribution < -0.4 is 24.3 Å². The highest BCUT2D eigenvalue weighted by Crippen LogP contribution is 2.36. The lowest BCUT2D eigenvalue weighted by Gasteiger charge is -2.32. The normalized spacial score (nSPS) is 12.4. The van der Waals surface area contributed by atoms with E-state index in [1.165, 1.54) is 7.11 Å². The number of aryl methyl sites for hydroxylation is 1. The Morgan fingerprint density at radius 1 is 0.854 bits per heavy atom. The number of amides is 2. The van der Waals surface area contributed by atoms with Gasteiger partial charge in [0.25, 0.3) is 5.91 Å². The van der Waals surface area contributed by atoms with Crippen molar-refractivity contribution in [2.24, 2.45) is 0 Å². The number of carbonyl (C=O) groups excluding carboxylic acids is 2. The van der Waals surface area contributed by atoms with Crippen LogP contribution in [-0.2, 0) is 22.6 Å². The molecule has 1 heterocycles. The van der Waals surface area contributed by atoms with Gasteiger partial charge in [-0.15, -0.1) is 0 Å². The Morgan fingerprint density at radius 2 is 1.59 bits per heavy atom. The molecule has 0 spiro atoms. The van der Waals surface area contributed by atoms with Crippen LogP contribution in [0.25, 0.3) is 0 Å². The lowest BCUT2D eigenvalue weighted by Crippen LogP contribution is -2.41. The van der Waals surface area contributed by atoms with Gasteiger partial charge in [-0.25, -0.2) is 0 Å². The summed E-state index contributed by atoms with van der Waals surface area (Å²) in [6.07, 6.45) is 0.133. The number of nitrogens with one attached hydrogen (secondary N) is 1. The third-order valence-corrected chi connectivity index (χ3v) is 7.04. The summed E-state index contributed by atoms with van der Waals surface area (Å²) in [6, 6.07) is 26.8. The number of benzene rings is 4. The maximum Gasteiger partial charge on any atom is 0.251 e. The molecule has 4 aromatic rings. The first-order valence-corrected chi connectivity index (χ1v) is 13.3. The summed E-state index contributed by atoms with van der Waals surface area (Å²) < 4.78 is 21.9. The molecule has 8 heteroatoms. The topological polar surface area (TPSA) is 86.3 Å². The summed E-state index contributed by atoms with van der Waals surface area (Å²) in [5.41, 5.74) is 3.92. The minimum Gasteiger partial charge on any atom is -0.493 e. The summed E-state index contributed by atoms with van der Waals surface area (Å²) in [5.74, 6) is 1.55. The van der Waals surface area contributed by atoms with Crippen LogP contribution in [0.4, 0.5) is 5.69 Å². The Morgan fingerprint density at radius 3 is 2.34 bits per heavy atom. The zero-order valence-electron chi connectivity index (χ0n) is 23.3. The molecule has 0 fully saturated rings. The maximum atomic E-state index is 14.2. The molecule has 5 rings (SSSR count). The van der Waals surface area contributed by atoms with Crippen LogP contribution in [0.1, 0.15) is 28.3 Å². The summed E-state index contributed by atoms with van der Waals surface area (Å²) in [7, 11) is 3.09. The standard InChI is InChI=1S/C33H32N2O6/c1-22-9-7-8-12-25(22)20-35(31(36)17-23-10-5-4-6-11-23)32(24-13-15-27(38-2)29(18-24)39-3)33(37)34-26-14-16-28-30(19-26)41-21-40-28/h4-16,18-19,32H,17,20-21H2,1-3H3,(H,34,37)/t32-/m1/s1. The van der Waals surface area contributed by atoms with Crippen LogP contribution in [0.15, 0.2) is 91.0 Å². The van der Waals surface area contributed by atoms with Crippen LogP contribution in [-0.4, -0.2) is 37.7 Å². The van der Waals surface area contributed by atoms with Crippen molar-refractivity contribution in [2.45, 2.75) is 25.9 Å². The van der Waals surface area contributed by atoms with Crippen molar-refractivity contribution in [3.63, 3.8) is 0 Å². The molecular weight excluding hydrogens is 520 g/mol. The van der Waals surface area contributed by atoms with Gasteiger partial charge in [-0.1, -0.05) is 60.7 Å². The van der Waals surface area contributed by atoms with E-state index in [4.69, 9.17) is 18.9 Å². The fraction of sp³-hybridized carbons (Fsp3) is 0.212. The Balaban J connectivity index is 1.58. The van der Waals surface area contributed by atoms with Gasteiger partial charge in [-0.2, -0.15) is 0 Å². The number of hydrogen-bond acceptors (Lipinski definition) is 6. The molecule has 0 aromatic heterocycles. The van der Waals surface area contributed by atoms with Crippen molar-refractivity contribution >= 4 is 17.5 Å². The van der Waals surface area contributed by atoms with E-state index in [0.29, 0.717) is 34.2 Å². The lowest BCUT2D eigenvalue weighted by atomic mass is 9.99. The average Bonchev–Trinajstić information content (AvgIpc) is 3.46. The quantitative estimate of drug-likeness (QED) is 0.272. The number of rotatable bonds is 10. The Labute approximate surface area is 239 Å². The SMILES string of the molecule is COc1ccc([C@H](C(=O)Nc2ccc3c(c2)OCO3)N(Cc2ccccc2C)C(=O)Cc2ccccc2)cc1OC. The van der Waals surface area contributed by atoms with Crippen molar-refractivity contribution < 1.29 is 28.5 Å². The predicted molar refractivity (Wildman–Crippen MR) is 155 cm³/mol. The van der Waals surface area contributed by atoms with Crippen molar-refractivity contribution in [1.82, 2.24) is 4.90 Å². The van der Waals surface area contributed by atoms with Gasteiger partial charge in [-0.05, 0) is 53.4 Å². The number of fused-ring (bicyclic) bond motifs is 1. The average molecular weight is 553 g/mol. The molecular formula is C33H32N2O6. The number of carbonyl (C=O) groups is 2. The number of anilines is 1. The largest absolute Gasteiger partial charge is 0.493 e. The van der Waals surface area contributed by atoms with Crippen LogP contribution >= 0.6 is 0 Å². The zero-order valence-corrected chi connectivity index (χ0v) is 23.3. The van der Waals surface area contributed by atoms with Crippen molar-refractivity contribution in [2.75, 3.05) is 26.3 Å². The zero-order chi connectivity index (χ0) is 28.8. The smallest absolute Gasteiger partial charge is 0.251 e. The van der Waals surface area contributed by atoms with E-state index in [1.807, 2.05) is 61.5 Å². The van der Waals surface area contributed by atoms with E-state index >= 15 is 0 Å². The van der Waals surface area contributed by atoms with Crippen molar-refractivity contribution in [3.8, 4) is 23.0 Å². The van der Waals surface area contributed by atoms with Gasteiger partial charge in [0.05, 0.1) is 20.6 Å². The maximum absolute atomic E-state index is 14.2. The van der Waals surface area contributed by atoms with Gasteiger partial charge in [0, 0.05) is 18.3 Å². The highest BCUT2D eigenvalue weighted by atomic mass is 16.7. The summed E-state index contributed by atoms with van der Waals surface area (Å²) in [6.45, 7) is 2.35. The number of nitrogens with zero attached hydrogens (tertiary/aromatic N) is 1. The minimum absolute atomic E-state index is 0.124. The fourth-order valence-electron chi connectivity index (χ4n) is 4.85. The van der Waals surface area contributed by atoms with E-state index in [9.17, 15) is 9.59 Å². The molecule has 1 N–H and O–H groups in total. The molecule has 41 heavy (non-hydrogen) atoms. The molecule has 0 saturated carbocycles. The summed E-state index contributed by atoms with van der Waals surface area (Å²) in [4.78, 5) is 29.9. The van der Waals surface area contributed by atoms with Gasteiger partial charge in [0.15, 0.2) is 23.0 Å². The van der Waals surface area contributed by atoms with E-state index in [1.54, 1.807) is 48.4 Å². The van der Waals surface area contributed by atoms with Gasteiger partial charge in [-0.3, -0.25) is 9.59 Å². The number of ether oxygens (including phenoxy) is 4. The summed E-state index contributed by atoms with van der Waals surface area (Å²) >= 11 is 0. The fourth-order valence-corrected chi connectivity index (χ4v) is 4.85. The van der Waals surface area contributed by atoms with Gasteiger partial charge in [0.2, 0.25) is 12.7 Å². The van der Waals surface area contributed by atoms with Crippen LogP contribution in [0.3, 0.4) is 0 Å². The second-order valence-corrected chi connectivity index (χ2v) is 9.68. The highest BCUT2D eigenvalue weighted by Gasteiger charge is 2.33. The second-order valence-electron chi connectivity index (χ2n) is 9.68. The third kappa shape index (κ3) is 6.27. The first-order chi connectivity index (χ1) is 20.0. The van der Waals surface area contributed by atoms with Gasteiger partial charge >= 0.3 is 0 Å². The Hall–Kier alpha value is -4.98. The molecule has 1 atom stereocenters. The molecule has 0 unspecified atom stereocenters. The molecule has 0 radical (unpaired) electrons. The van der Waals surface area contributed by atoms with E-state index in [-0.39, 0.29) is 31.6 Å². The van der Waals surface area contributed by atoms with E-state index < -0.39 is 6.04 Å². The van der Waals surface area contributed by atoms with Crippen molar-refractivity contribution in [1.29, 1.82) is 0 Å². The van der Waals surface area contributed by atoms with Crippen LogP contribution in [0.5, 0.6) is 23.0 Å². The Kier molecular flexibility index (Phi) is 8.39. The summed E-state index contributed by atoms with van der Waals surface area (Å²) in [5, 5.41) is 3.00.